The van der Waals surface area contributed by atoms with Gasteiger partial charge in [0.25, 0.3) is 0 Å². The van der Waals surface area contributed by atoms with Crippen LogP contribution < -0.4 is 0 Å². The van der Waals surface area contributed by atoms with Gasteiger partial charge in [-0.1, -0.05) is 41.8 Å². The van der Waals surface area contributed by atoms with Crippen molar-refractivity contribution in [2.24, 2.45) is 4.99 Å². The zero-order valence-corrected chi connectivity index (χ0v) is 11.0. The molecule has 0 aromatic heterocycles. The van der Waals surface area contributed by atoms with Crippen molar-refractivity contribution in [3.63, 3.8) is 0 Å². The number of halogens is 2. The van der Waals surface area contributed by atoms with Crippen LogP contribution in [-0.4, -0.2) is 6.21 Å². The van der Waals surface area contributed by atoms with Gasteiger partial charge in [-0.2, -0.15) is 0 Å². The van der Waals surface area contributed by atoms with Gasteiger partial charge >= 0.3 is 0 Å². The predicted molar refractivity (Wildman–Crippen MR) is 70.7 cm³/mol. The molecule has 0 heterocycles. The number of hydrogen-bond donors (Lipinski definition) is 0. The molecular formula is C12H17Cl2N. The van der Waals surface area contributed by atoms with E-state index in [1.165, 1.54) is 0 Å². The van der Waals surface area contributed by atoms with E-state index in [-0.39, 0.29) is 0 Å². The number of hydrogen-bond acceptors (Lipinski definition) is 1. The predicted octanol–water partition coefficient (Wildman–Crippen LogP) is 5.03. The topological polar surface area (TPSA) is 12.4 Å². The first-order valence-corrected chi connectivity index (χ1v) is 5.67. The summed E-state index contributed by atoms with van der Waals surface area (Å²) in [4.78, 5) is 4.03. The molecule has 0 aliphatic rings. The van der Waals surface area contributed by atoms with Crippen LogP contribution in [0.2, 0.25) is 0 Å². The molecule has 0 saturated heterocycles. The molecule has 84 valence electrons. The first kappa shape index (κ1) is 14.5. The third-order valence-electron chi connectivity index (χ3n) is 2.01. The number of aliphatic imine (C=N–C) groups is 1. The monoisotopic (exact) mass is 245 g/mol. The second-order valence-corrected chi connectivity index (χ2v) is 3.83. The fraction of sp³-hybridized carbons (Fsp3) is 0.417. The molecule has 0 amide bonds. The summed E-state index contributed by atoms with van der Waals surface area (Å²) in [6.45, 7) is 9.55. The largest absolute Gasteiger partial charge is 0.249 e. The lowest BCUT2D eigenvalue weighted by Gasteiger charge is -2.08. The molecule has 1 nitrogen and oxygen atoms in total. The Bertz CT molecular complexity index is 312. The van der Waals surface area contributed by atoms with Crippen LogP contribution in [0.1, 0.15) is 33.6 Å². The molecule has 0 aromatic carbocycles. The van der Waals surface area contributed by atoms with Crippen molar-refractivity contribution in [3.05, 3.63) is 34.0 Å². The molecule has 0 aliphatic carbocycles. The highest BCUT2D eigenvalue weighted by molar-refractivity contribution is 6.36. The summed E-state index contributed by atoms with van der Waals surface area (Å²) in [6, 6.07) is 0. The smallest absolute Gasteiger partial charge is 0.133 e. The lowest BCUT2D eigenvalue weighted by molar-refractivity contribution is 1.07. The van der Waals surface area contributed by atoms with Gasteiger partial charge in [0.1, 0.15) is 5.16 Å². The van der Waals surface area contributed by atoms with Crippen LogP contribution in [0, 0.1) is 0 Å². The summed E-state index contributed by atoms with van der Waals surface area (Å²) in [5, 5.41) is 1.14. The van der Waals surface area contributed by atoms with Crippen LogP contribution in [0.4, 0.5) is 0 Å². The zero-order chi connectivity index (χ0) is 11.8. The highest BCUT2D eigenvalue weighted by atomic mass is 35.5. The van der Waals surface area contributed by atoms with E-state index in [2.05, 4.69) is 18.5 Å². The van der Waals surface area contributed by atoms with E-state index < -0.39 is 0 Å². The Morgan fingerprint density at radius 2 is 2.00 bits per heavy atom. The number of rotatable bonds is 5. The molecule has 0 rings (SSSR count). The van der Waals surface area contributed by atoms with Gasteiger partial charge in [0, 0.05) is 16.8 Å². The van der Waals surface area contributed by atoms with E-state index in [9.17, 15) is 0 Å². The van der Waals surface area contributed by atoms with Crippen molar-refractivity contribution >= 4 is 29.4 Å². The average molecular weight is 246 g/mol. The van der Waals surface area contributed by atoms with Crippen molar-refractivity contribution in [2.45, 2.75) is 33.6 Å². The van der Waals surface area contributed by atoms with Gasteiger partial charge in [0.15, 0.2) is 0 Å². The third kappa shape index (κ3) is 4.67. The molecular weight excluding hydrogens is 229 g/mol. The standard InChI is InChI=1S/C12H17Cl2N/c1-5-8-10(12(14)15-7-3)11(13)9(4)6-2/h5,7H,1,6,8H2,2-4H3. The molecule has 0 radical (unpaired) electrons. The lowest BCUT2D eigenvalue weighted by atomic mass is 10.1. The average Bonchev–Trinajstić information content (AvgIpc) is 2.24. The molecule has 3 heteroatoms. The van der Waals surface area contributed by atoms with Crippen LogP contribution in [0.3, 0.4) is 0 Å². The summed E-state index contributed by atoms with van der Waals surface area (Å²) < 4.78 is 0. The molecule has 0 bridgehead atoms. The summed E-state index contributed by atoms with van der Waals surface area (Å²) in [5.74, 6) is 0. The van der Waals surface area contributed by atoms with E-state index >= 15 is 0 Å². The Labute approximate surface area is 102 Å². The van der Waals surface area contributed by atoms with E-state index in [0.29, 0.717) is 16.6 Å². The fourth-order valence-electron chi connectivity index (χ4n) is 1.01. The highest BCUT2D eigenvalue weighted by Gasteiger charge is 2.08. The molecule has 0 N–H and O–H groups in total. The van der Waals surface area contributed by atoms with Crippen molar-refractivity contribution in [3.8, 4) is 0 Å². The van der Waals surface area contributed by atoms with Crippen molar-refractivity contribution < 1.29 is 0 Å². The van der Waals surface area contributed by atoms with Crippen LogP contribution in [0.25, 0.3) is 0 Å². The molecule has 0 fully saturated rings. The Morgan fingerprint density at radius 1 is 1.40 bits per heavy atom. The second-order valence-electron chi connectivity index (χ2n) is 3.10. The molecule has 0 aliphatic heterocycles. The van der Waals surface area contributed by atoms with Crippen LogP contribution >= 0.6 is 23.2 Å². The van der Waals surface area contributed by atoms with Crippen LogP contribution in [-0.2, 0) is 0 Å². The van der Waals surface area contributed by atoms with Crippen LogP contribution in [0.5, 0.6) is 0 Å². The summed E-state index contributed by atoms with van der Waals surface area (Å²) in [5.41, 5.74) is 1.95. The molecule has 0 atom stereocenters. The molecule has 0 unspecified atom stereocenters. The van der Waals surface area contributed by atoms with E-state index in [0.717, 1.165) is 17.6 Å². The van der Waals surface area contributed by atoms with E-state index in [1.807, 2.05) is 13.8 Å². The summed E-state index contributed by atoms with van der Waals surface area (Å²) in [6.07, 6.45) is 4.96. The fourth-order valence-corrected chi connectivity index (χ4v) is 1.63. The Hall–Kier alpha value is -0.530. The maximum absolute atomic E-state index is 6.22. The molecule has 0 aromatic rings. The van der Waals surface area contributed by atoms with Gasteiger partial charge in [-0.3, -0.25) is 0 Å². The Balaban J connectivity index is 5.31. The maximum atomic E-state index is 6.22. The molecule has 0 saturated carbocycles. The van der Waals surface area contributed by atoms with Crippen molar-refractivity contribution in [2.75, 3.05) is 0 Å². The van der Waals surface area contributed by atoms with Gasteiger partial charge in [0.2, 0.25) is 0 Å². The van der Waals surface area contributed by atoms with Gasteiger partial charge in [-0.15, -0.1) is 6.58 Å². The summed E-state index contributed by atoms with van der Waals surface area (Å²) >= 11 is 12.3. The normalized spacial score (nSPS) is 15.0. The first-order valence-electron chi connectivity index (χ1n) is 4.92. The van der Waals surface area contributed by atoms with Gasteiger partial charge in [-0.25, -0.2) is 4.99 Å². The third-order valence-corrected chi connectivity index (χ3v) is 2.89. The lowest BCUT2D eigenvalue weighted by Crippen LogP contribution is -1.89. The van der Waals surface area contributed by atoms with Crippen molar-refractivity contribution in [1.29, 1.82) is 0 Å². The van der Waals surface area contributed by atoms with E-state index in [1.54, 1.807) is 12.3 Å². The zero-order valence-electron chi connectivity index (χ0n) is 9.48. The molecule has 0 spiro atoms. The van der Waals surface area contributed by atoms with E-state index in [4.69, 9.17) is 23.2 Å². The Kier molecular flexibility index (Phi) is 7.45. The van der Waals surface area contributed by atoms with Crippen LogP contribution in [0.15, 0.2) is 39.0 Å². The van der Waals surface area contributed by atoms with Gasteiger partial charge < -0.3 is 0 Å². The second kappa shape index (κ2) is 7.72. The highest BCUT2D eigenvalue weighted by Crippen LogP contribution is 2.29. The van der Waals surface area contributed by atoms with Gasteiger partial charge in [-0.05, 0) is 26.7 Å². The summed E-state index contributed by atoms with van der Waals surface area (Å²) in [7, 11) is 0. The number of nitrogens with zero attached hydrogens (tertiary/aromatic N) is 1. The number of allylic oxidation sites excluding steroid dienone is 4. The minimum atomic E-state index is 0.440. The minimum Gasteiger partial charge on any atom is -0.249 e. The van der Waals surface area contributed by atoms with Gasteiger partial charge in [0.05, 0.1) is 0 Å². The quantitative estimate of drug-likeness (QED) is 0.279. The molecule has 15 heavy (non-hydrogen) atoms. The van der Waals surface area contributed by atoms with Crippen molar-refractivity contribution in [1.82, 2.24) is 0 Å². The first-order chi connectivity index (χ1) is 7.08. The SMILES string of the molecule is C=CCC(=C(Cl)N=CC)C(Cl)=C(C)CC. The minimum absolute atomic E-state index is 0.440. The Morgan fingerprint density at radius 3 is 2.40 bits per heavy atom. The maximum Gasteiger partial charge on any atom is 0.133 e.